The first-order valence-corrected chi connectivity index (χ1v) is 5.84. The topological polar surface area (TPSA) is 12.9 Å². The van der Waals surface area contributed by atoms with E-state index in [0.717, 1.165) is 21.1 Å². The fraction of sp³-hybridized carbons (Fsp3) is 0.364. The van der Waals surface area contributed by atoms with Gasteiger partial charge in [-0.1, -0.05) is 31.5 Å². The Hall–Kier alpha value is -0.600. The van der Waals surface area contributed by atoms with E-state index in [4.69, 9.17) is 11.6 Å². The average molecular weight is 226 g/mol. The summed E-state index contributed by atoms with van der Waals surface area (Å²) >= 11 is 7.92. The van der Waals surface area contributed by atoms with Crippen LogP contribution in [0.1, 0.15) is 30.3 Å². The average Bonchev–Trinajstić information content (AvgIpc) is 2.56. The highest BCUT2D eigenvalue weighted by atomic mass is 35.5. The Balaban J connectivity index is 2.71. The second-order valence-electron chi connectivity index (χ2n) is 3.75. The molecule has 2 rings (SSSR count). The third-order valence-corrected chi connectivity index (χ3v) is 4.00. The molecule has 74 valence electrons. The van der Waals surface area contributed by atoms with Gasteiger partial charge in [-0.25, -0.2) is 4.98 Å². The Morgan fingerprint density at radius 1 is 1.36 bits per heavy atom. The molecule has 0 N–H and O–H groups in total. The van der Waals surface area contributed by atoms with Gasteiger partial charge in [0.15, 0.2) is 0 Å². The quantitative estimate of drug-likeness (QED) is 0.702. The second kappa shape index (κ2) is 3.52. The van der Waals surface area contributed by atoms with Crippen molar-refractivity contribution in [2.75, 3.05) is 0 Å². The van der Waals surface area contributed by atoms with Crippen LogP contribution in [-0.2, 0) is 0 Å². The van der Waals surface area contributed by atoms with Crippen molar-refractivity contribution < 1.29 is 0 Å². The molecule has 0 bridgehead atoms. The molecule has 14 heavy (non-hydrogen) atoms. The second-order valence-corrected chi connectivity index (χ2v) is 5.19. The summed E-state index contributed by atoms with van der Waals surface area (Å²) in [7, 11) is 0. The summed E-state index contributed by atoms with van der Waals surface area (Å²) in [6, 6.07) is 4.15. The van der Waals surface area contributed by atoms with Crippen LogP contribution in [0.4, 0.5) is 0 Å². The summed E-state index contributed by atoms with van der Waals surface area (Å²) < 4.78 is 1.18. The number of nitrogens with zero attached hydrogens (tertiary/aromatic N) is 1. The van der Waals surface area contributed by atoms with E-state index in [9.17, 15) is 0 Å². The number of thiazole rings is 1. The summed E-state index contributed by atoms with van der Waals surface area (Å²) in [4.78, 5) is 4.56. The number of hydrogen-bond acceptors (Lipinski definition) is 2. The van der Waals surface area contributed by atoms with Gasteiger partial charge in [-0.15, -0.1) is 11.3 Å². The van der Waals surface area contributed by atoms with Gasteiger partial charge in [0.05, 0.1) is 14.7 Å². The van der Waals surface area contributed by atoms with Crippen LogP contribution in [0.25, 0.3) is 10.2 Å². The molecule has 0 aliphatic heterocycles. The normalized spacial score (nSPS) is 11.5. The highest BCUT2D eigenvalue weighted by molar-refractivity contribution is 7.18. The van der Waals surface area contributed by atoms with Crippen LogP contribution in [0.2, 0.25) is 5.02 Å². The van der Waals surface area contributed by atoms with Crippen molar-refractivity contribution in [2.45, 2.75) is 26.7 Å². The van der Waals surface area contributed by atoms with Crippen LogP contribution in [0.15, 0.2) is 12.1 Å². The maximum atomic E-state index is 6.19. The van der Waals surface area contributed by atoms with E-state index in [-0.39, 0.29) is 0 Å². The zero-order valence-corrected chi connectivity index (χ0v) is 10.0. The van der Waals surface area contributed by atoms with Crippen LogP contribution in [0.5, 0.6) is 0 Å². The van der Waals surface area contributed by atoms with Crippen molar-refractivity contribution >= 4 is 33.2 Å². The van der Waals surface area contributed by atoms with Gasteiger partial charge in [0.1, 0.15) is 5.52 Å². The van der Waals surface area contributed by atoms with E-state index < -0.39 is 0 Å². The van der Waals surface area contributed by atoms with E-state index in [1.54, 1.807) is 11.3 Å². The first-order chi connectivity index (χ1) is 6.59. The predicted molar refractivity (Wildman–Crippen MR) is 63.5 cm³/mol. The van der Waals surface area contributed by atoms with Crippen molar-refractivity contribution in [2.24, 2.45) is 0 Å². The number of fused-ring (bicyclic) bond motifs is 1. The lowest BCUT2D eigenvalue weighted by Gasteiger charge is -1.96. The van der Waals surface area contributed by atoms with E-state index in [2.05, 4.69) is 24.9 Å². The summed E-state index contributed by atoms with van der Waals surface area (Å²) in [6.45, 7) is 6.31. The molecule has 0 atom stereocenters. The molecule has 0 saturated heterocycles. The molecule has 0 aliphatic carbocycles. The fourth-order valence-electron chi connectivity index (χ4n) is 1.33. The third kappa shape index (κ3) is 1.53. The molecule has 0 radical (unpaired) electrons. The van der Waals surface area contributed by atoms with E-state index in [0.29, 0.717) is 5.92 Å². The standard InChI is InChI=1S/C11H12ClNS/c1-6(2)11-13-10-8(14-11)5-4-7(3)9(10)12/h4-6H,1-3H3. The number of hydrogen-bond donors (Lipinski definition) is 0. The van der Waals surface area contributed by atoms with Gasteiger partial charge in [-0.2, -0.15) is 0 Å². The number of halogens is 1. The SMILES string of the molecule is Cc1ccc2sc(C(C)C)nc2c1Cl. The van der Waals surface area contributed by atoms with Crippen molar-refractivity contribution in [3.63, 3.8) is 0 Å². The molecule has 0 spiro atoms. The molecule has 0 unspecified atom stereocenters. The Labute approximate surface area is 92.7 Å². The smallest absolute Gasteiger partial charge is 0.100 e. The molecule has 3 heteroatoms. The molecular formula is C11H12ClNS. The maximum absolute atomic E-state index is 6.19. The summed E-state index contributed by atoms with van der Waals surface area (Å²) in [6.07, 6.45) is 0. The highest BCUT2D eigenvalue weighted by Crippen LogP contribution is 2.33. The van der Waals surface area contributed by atoms with Crippen LogP contribution in [0, 0.1) is 6.92 Å². The molecule has 1 nitrogen and oxygen atoms in total. The Kier molecular flexibility index (Phi) is 2.50. The number of aryl methyl sites for hydroxylation is 1. The minimum Gasteiger partial charge on any atom is -0.239 e. The molecule has 0 saturated carbocycles. The van der Waals surface area contributed by atoms with Gasteiger partial charge < -0.3 is 0 Å². The molecule has 0 fully saturated rings. The summed E-state index contributed by atoms with van der Waals surface area (Å²) in [5.41, 5.74) is 2.06. The van der Waals surface area contributed by atoms with Crippen LogP contribution < -0.4 is 0 Å². The van der Waals surface area contributed by atoms with Gasteiger partial charge in [0, 0.05) is 5.92 Å². The number of rotatable bonds is 1. The maximum Gasteiger partial charge on any atom is 0.100 e. The van der Waals surface area contributed by atoms with Gasteiger partial charge in [-0.05, 0) is 18.6 Å². The van der Waals surface area contributed by atoms with Crippen molar-refractivity contribution in [3.8, 4) is 0 Å². The molecule has 0 aliphatic rings. The molecule has 1 heterocycles. The van der Waals surface area contributed by atoms with Gasteiger partial charge in [0.2, 0.25) is 0 Å². The van der Waals surface area contributed by atoms with Crippen molar-refractivity contribution in [1.82, 2.24) is 4.98 Å². The molecule has 2 aromatic rings. The molecule has 0 amide bonds. The highest BCUT2D eigenvalue weighted by Gasteiger charge is 2.10. The summed E-state index contributed by atoms with van der Waals surface area (Å²) in [5, 5.41) is 1.96. The Bertz CT molecular complexity index is 473. The first kappa shape index (κ1) is 9.94. The molecule has 1 aromatic heterocycles. The van der Waals surface area contributed by atoms with E-state index >= 15 is 0 Å². The minimum atomic E-state index is 0.476. The van der Waals surface area contributed by atoms with Crippen molar-refractivity contribution in [3.05, 3.63) is 27.7 Å². The minimum absolute atomic E-state index is 0.476. The van der Waals surface area contributed by atoms with Crippen LogP contribution in [-0.4, -0.2) is 4.98 Å². The zero-order valence-electron chi connectivity index (χ0n) is 8.47. The Morgan fingerprint density at radius 3 is 2.71 bits per heavy atom. The van der Waals surface area contributed by atoms with Crippen molar-refractivity contribution in [1.29, 1.82) is 0 Å². The Morgan fingerprint density at radius 2 is 2.07 bits per heavy atom. The van der Waals surface area contributed by atoms with Gasteiger partial charge >= 0.3 is 0 Å². The van der Waals surface area contributed by atoms with Gasteiger partial charge in [0.25, 0.3) is 0 Å². The first-order valence-electron chi connectivity index (χ1n) is 4.65. The monoisotopic (exact) mass is 225 g/mol. The lowest BCUT2D eigenvalue weighted by Crippen LogP contribution is -1.84. The fourth-order valence-corrected chi connectivity index (χ4v) is 2.57. The molecule has 1 aromatic carbocycles. The van der Waals surface area contributed by atoms with Crippen LogP contribution in [0.3, 0.4) is 0 Å². The predicted octanol–water partition coefficient (Wildman–Crippen LogP) is 4.38. The van der Waals surface area contributed by atoms with Gasteiger partial charge in [-0.3, -0.25) is 0 Å². The lowest BCUT2D eigenvalue weighted by atomic mass is 10.2. The van der Waals surface area contributed by atoms with Crippen LogP contribution >= 0.6 is 22.9 Å². The zero-order chi connectivity index (χ0) is 10.3. The third-order valence-electron chi connectivity index (χ3n) is 2.20. The molecular weight excluding hydrogens is 214 g/mol. The van der Waals surface area contributed by atoms with E-state index in [1.807, 2.05) is 13.0 Å². The lowest BCUT2D eigenvalue weighted by molar-refractivity contribution is 0.857. The summed E-state index contributed by atoms with van der Waals surface area (Å²) in [5.74, 6) is 0.476. The van der Waals surface area contributed by atoms with E-state index in [1.165, 1.54) is 4.70 Å². The largest absolute Gasteiger partial charge is 0.239 e. The number of benzene rings is 1. The number of aromatic nitrogens is 1.